The summed E-state index contributed by atoms with van der Waals surface area (Å²) in [5, 5.41) is 18.7. The molecule has 0 aliphatic heterocycles. The minimum atomic E-state index is -0.543. The van der Waals surface area contributed by atoms with E-state index in [0.717, 1.165) is 5.56 Å². The lowest BCUT2D eigenvalue weighted by Gasteiger charge is -2.18. The van der Waals surface area contributed by atoms with E-state index in [1.165, 1.54) is 10.7 Å². The highest BCUT2D eigenvalue weighted by molar-refractivity contribution is 5.95. The number of nitrogens with one attached hydrogen (secondary N) is 1. The van der Waals surface area contributed by atoms with Crippen LogP contribution in [0.25, 0.3) is 0 Å². The molecule has 0 unspecified atom stereocenters. The van der Waals surface area contributed by atoms with Crippen molar-refractivity contribution in [2.45, 2.75) is 46.6 Å². The van der Waals surface area contributed by atoms with Gasteiger partial charge in [-0.3, -0.25) is 4.79 Å². The minimum Gasteiger partial charge on any atom is -0.358 e. The van der Waals surface area contributed by atoms with Crippen LogP contribution in [0.1, 0.15) is 49.3 Å². The number of benzene rings is 1. The number of aryl methyl sites for hydroxylation is 1. The fraction of sp³-hybridized carbons (Fsp3) is 0.389. The Hall–Kier alpha value is -3.03. The Bertz CT molecular complexity index is 845. The molecule has 1 aromatic carbocycles. The van der Waals surface area contributed by atoms with E-state index in [4.69, 9.17) is 0 Å². The molecule has 8 nitrogen and oxygen atoms in total. The van der Waals surface area contributed by atoms with Gasteiger partial charge in [-0.2, -0.15) is 9.78 Å². The topological polar surface area (TPSA) is 102 Å². The van der Waals surface area contributed by atoms with Gasteiger partial charge in [-0.25, -0.2) is 5.43 Å². The molecule has 0 aliphatic rings. The molecule has 0 atom stereocenters. The Morgan fingerprint density at radius 2 is 1.92 bits per heavy atom. The van der Waals surface area contributed by atoms with Crippen molar-refractivity contribution in [1.29, 1.82) is 0 Å². The Morgan fingerprint density at radius 1 is 1.31 bits per heavy atom. The van der Waals surface area contributed by atoms with Crippen LogP contribution in [0.3, 0.4) is 0 Å². The van der Waals surface area contributed by atoms with E-state index in [9.17, 15) is 14.9 Å². The first kappa shape index (κ1) is 19.3. The fourth-order valence-electron chi connectivity index (χ4n) is 2.33. The lowest BCUT2D eigenvalue weighted by molar-refractivity contribution is -0.389. The van der Waals surface area contributed by atoms with Crippen LogP contribution in [0.15, 0.2) is 35.4 Å². The van der Waals surface area contributed by atoms with Gasteiger partial charge in [-0.05, 0) is 41.9 Å². The Kier molecular flexibility index (Phi) is 5.54. The maximum Gasteiger partial charge on any atom is 0.390 e. The number of hydrogen-bond donors (Lipinski definition) is 1. The molecule has 1 amide bonds. The summed E-state index contributed by atoms with van der Waals surface area (Å²) in [6.45, 7) is 10.0. The number of hydrazone groups is 1. The standard InChI is InChI=1S/C18H23N5O3/c1-12(11-22-13(2)10-16(21-22)23(25)26)19-20-17(24)14-6-8-15(9-7-14)18(3,4)5/h6-10H,11H2,1-5H3,(H,20,24)/b19-12-. The lowest BCUT2D eigenvalue weighted by atomic mass is 9.87. The third kappa shape index (κ3) is 4.75. The molecule has 0 bridgehead atoms. The highest BCUT2D eigenvalue weighted by atomic mass is 16.6. The van der Waals surface area contributed by atoms with Crippen molar-refractivity contribution in [1.82, 2.24) is 15.2 Å². The molecular formula is C18H23N5O3. The summed E-state index contributed by atoms with van der Waals surface area (Å²) >= 11 is 0. The van der Waals surface area contributed by atoms with Crippen molar-refractivity contribution in [3.63, 3.8) is 0 Å². The van der Waals surface area contributed by atoms with Gasteiger partial charge in [-0.1, -0.05) is 32.9 Å². The van der Waals surface area contributed by atoms with Gasteiger partial charge in [0.15, 0.2) is 0 Å². The Morgan fingerprint density at radius 3 is 2.42 bits per heavy atom. The van der Waals surface area contributed by atoms with E-state index >= 15 is 0 Å². The molecule has 26 heavy (non-hydrogen) atoms. The summed E-state index contributed by atoms with van der Waals surface area (Å²) in [4.78, 5) is 22.4. The molecule has 0 fully saturated rings. The first-order valence-corrected chi connectivity index (χ1v) is 8.21. The van der Waals surface area contributed by atoms with E-state index < -0.39 is 4.92 Å². The van der Waals surface area contributed by atoms with Crippen molar-refractivity contribution in [3.8, 4) is 0 Å². The molecular weight excluding hydrogens is 334 g/mol. The van der Waals surface area contributed by atoms with Crippen molar-refractivity contribution in [2.24, 2.45) is 5.10 Å². The van der Waals surface area contributed by atoms with E-state index in [1.807, 2.05) is 12.1 Å². The van der Waals surface area contributed by atoms with Crippen LogP contribution < -0.4 is 5.43 Å². The Labute approximate surface area is 152 Å². The summed E-state index contributed by atoms with van der Waals surface area (Å²) in [7, 11) is 0. The normalized spacial score (nSPS) is 12.1. The molecule has 1 aromatic heterocycles. The number of carbonyl (C=O) groups is 1. The number of amides is 1. The highest BCUT2D eigenvalue weighted by Crippen LogP contribution is 2.22. The molecule has 8 heteroatoms. The molecule has 0 saturated heterocycles. The molecule has 0 radical (unpaired) electrons. The summed E-state index contributed by atoms with van der Waals surface area (Å²) < 4.78 is 1.47. The van der Waals surface area contributed by atoms with Crippen molar-refractivity contribution >= 4 is 17.4 Å². The molecule has 0 spiro atoms. The van der Waals surface area contributed by atoms with E-state index in [0.29, 0.717) is 17.0 Å². The second-order valence-electron chi connectivity index (χ2n) is 7.17. The Balaban J connectivity index is 2.02. The molecule has 1 N–H and O–H groups in total. The largest absolute Gasteiger partial charge is 0.390 e. The second kappa shape index (κ2) is 7.47. The number of nitro groups is 1. The average Bonchev–Trinajstić information content (AvgIpc) is 2.93. The number of rotatable bonds is 5. The van der Waals surface area contributed by atoms with Gasteiger partial charge in [-0.15, -0.1) is 0 Å². The number of hydrogen-bond acceptors (Lipinski definition) is 5. The van der Waals surface area contributed by atoms with Gasteiger partial charge in [0, 0.05) is 5.56 Å². The smallest absolute Gasteiger partial charge is 0.358 e. The SMILES string of the molecule is C/C(Cn1nc([N+](=O)[O-])cc1C)=N/NC(=O)c1ccc(C(C)(C)C)cc1. The maximum atomic E-state index is 12.2. The summed E-state index contributed by atoms with van der Waals surface area (Å²) in [5.74, 6) is -0.522. The summed E-state index contributed by atoms with van der Waals surface area (Å²) in [6, 6.07) is 8.78. The molecule has 2 rings (SSSR count). The lowest BCUT2D eigenvalue weighted by Crippen LogP contribution is -2.21. The third-order valence-corrected chi connectivity index (χ3v) is 3.90. The molecule has 2 aromatic rings. The first-order valence-electron chi connectivity index (χ1n) is 8.21. The maximum absolute atomic E-state index is 12.2. The predicted molar refractivity (Wildman–Crippen MR) is 99.3 cm³/mol. The summed E-state index contributed by atoms with van der Waals surface area (Å²) in [5.41, 5.74) is 5.40. The number of aromatic nitrogens is 2. The van der Waals surface area contributed by atoms with Crippen LogP contribution in [0.2, 0.25) is 0 Å². The fourth-order valence-corrected chi connectivity index (χ4v) is 2.33. The van der Waals surface area contributed by atoms with Gasteiger partial charge >= 0.3 is 5.82 Å². The van der Waals surface area contributed by atoms with Gasteiger partial charge in [0.1, 0.15) is 6.54 Å². The van der Waals surface area contributed by atoms with Crippen molar-refractivity contribution in [3.05, 3.63) is 57.3 Å². The third-order valence-electron chi connectivity index (χ3n) is 3.90. The zero-order valence-corrected chi connectivity index (χ0v) is 15.6. The van der Waals surface area contributed by atoms with Gasteiger partial charge in [0.25, 0.3) is 5.91 Å². The first-order chi connectivity index (χ1) is 12.1. The van der Waals surface area contributed by atoms with Gasteiger partial charge < -0.3 is 10.1 Å². The monoisotopic (exact) mass is 357 g/mol. The zero-order valence-electron chi connectivity index (χ0n) is 15.6. The number of carbonyl (C=O) groups excluding carboxylic acids is 1. The van der Waals surface area contributed by atoms with E-state index in [2.05, 4.69) is 36.4 Å². The van der Waals surface area contributed by atoms with Gasteiger partial charge in [0.2, 0.25) is 0 Å². The van der Waals surface area contributed by atoms with Crippen molar-refractivity contribution in [2.75, 3.05) is 0 Å². The number of nitrogens with zero attached hydrogens (tertiary/aromatic N) is 4. The van der Waals surface area contributed by atoms with Crippen LogP contribution in [0.4, 0.5) is 5.82 Å². The van der Waals surface area contributed by atoms with Crippen LogP contribution >= 0.6 is 0 Å². The predicted octanol–water partition coefficient (Wildman–Crippen LogP) is 3.20. The molecule has 0 saturated carbocycles. The summed E-state index contributed by atoms with van der Waals surface area (Å²) in [6.07, 6.45) is 0. The van der Waals surface area contributed by atoms with E-state index in [-0.39, 0.29) is 23.7 Å². The average molecular weight is 357 g/mol. The molecule has 0 aliphatic carbocycles. The van der Waals surface area contributed by atoms with E-state index in [1.54, 1.807) is 26.0 Å². The minimum absolute atomic E-state index is 0.0218. The van der Waals surface area contributed by atoms with Crippen LogP contribution in [0, 0.1) is 17.0 Å². The van der Waals surface area contributed by atoms with Crippen LogP contribution in [-0.2, 0) is 12.0 Å². The van der Waals surface area contributed by atoms with Crippen molar-refractivity contribution < 1.29 is 9.72 Å². The van der Waals surface area contributed by atoms with Crippen LogP contribution in [-0.4, -0.2) is 26.3 Å². The van der Waals surface area contributed by atoms with Gasteiger partial charge in [0.05, 0.1) is 22.6 Å². The molecule has 138 valence electrons. The zero-order chi connectivity index (χ0) is 19.5. The quantitative estimate of drug-likeness (QED) is 0.504. The highest BCUT2D eigenvalue weighted by Gasteiger charge is 2.16. The van der Waals surface area contributed by atoms with Crippen LogP contribution in [0.5, 0.6) is 0 Å². The second-order valence-corrected chi connectivity index (χ2v) is 7.17. The molecule has 1 heterocycles.